The van der Waals surface area contributed by atoms with Gasteiger partial charge in [-0.05, 0) is 44.0 Å². The summed E-state index contributed by atoms with van der Waals surface area (Å²) in [7, 11) is 0. The third-order valence-electron chi connectivity index (χ3n) is 2.84. The molecular formula is C18H23NO4. The van der Waals surface area contributed by atoms with Crippen molar-refractivity contribution >= 4 is 23.3 Å². The predicted molar refractivity (Wildman–Crippen MR) is 89.2 cm³/mol. The van der Waals surface area contributed by atoms with Gasteiger partial charge in [-0.2, -0.15) is 0 Å². The lowest BCUT2D eigenvalue weighted by Gasteiger charge is -2.08. The molecule has 1 N–H and O–H groups in total. The molecular weight excluding hydrogens is 294 g/mol. The molecule has 1 aromatic carbocycles. The van der Waals surface area contributed by atoms with E-state index < -0.39 is 5.97 Å². The molecule has 5 heteroatoms. The molecule has 5 nitrogen and oxygen atoms in total. The van der Waals surface area contributed by atoms with Crippen LogP contribution in [-0.4, -0.2) is 24.3 Å². The molecule has 0 heterocycles. The number of carbonyl (C=O) groups excluding carboxylic acids is 3. The van der Waals surface area contributed by atoms with E-state index in [9.17, 15) is 14.4 Å². The second-order valence-electron chi connectivity index (χ2n) is 5.98. The summed E-state index contributed by atoms with van der Waals surface area (Å²) in [6.45, 7) is 7.18. The van der Waals surface area contributed by atoms with E-state index in [0.29, 0.717) is 17.7 Å². The molecule has 1 aromatic rings. The van der Waals surface area contributed by atoms with Crippen molar-refractivity contribution in [3.05, 3.63) is 41.5 Å². The largest absolute Gasteiger partial charge is 0.454 e. The lowest BCUT2D eigenvalue weighted by Crippen LogP contribution is -2.15. The molecule has 1 amide bonds. The van der Waals surface area contributed by atoms with Crippen LogP contribution >= 0.6 is 0 Å². The number of hydrogen-bond acceptors (Lipinski definition) is 4. The molecule has 0 spiro atoms. The zero-order chi connectivity index (χ0) is 17.4. The minimum atomic E-state index is -0.532. The van der Waals surface area contributed by atoms with E-state index in [1.54, 1.807) is 38.1 Å². The molecule has 0 aliphatic rings. The molecule has 0 aliphatic carbocycles. The molecule has 0 radical (unpaired) electrons. The Labute approximate surface area is 136 Å². The van der Waals surface area contributed by atoms with Gasteiger partial charge in [-0.25, -0.2) is 4.79 Å². The normalized spacial score (nSPS) is 10.1. The number of carbonyl (C=O) groups is 3. The van der Waals surface area contributed by atoms with Crippen LogP contribution in [0.3, 0.4) is 0 Å². The van der Waals surface area contributed by atoms with Gasteiger partial charge in [0.2, 0.25) is 5.91 Å². The Kier molecular flexibility index (Phi) is 7.19. The van der Waals surface area contributed by atoms with Crippen LogP contribution in [-0.2, 0) is 14.3 Å². The summed E-state index contributed by atoms with van der Waals surface area (Å²) in [5, 5.41) is 2.77. The van der Waals surface area contributed by atoms with Crippen LogP contribution in [0, 0.1) is 5.92 Å². The van der Waals surface area contributed by atoms with Crippen molar-refractivity contribution in [1.82, 2.24) is 0 Å². The first-order chi connectivity index (χ1) is 10.8. The standard InChI is InChI=1S/C18H23NO4/c1-12(2)9-17(21)19-15-7-5-14(6-8-15)16(20)11-23-18(22)10-13(3)4/h5-8,10,12H,9,11H2,1-4H3,(H,19,21). The quantitative estimate of drug-likeness (QED) is 0.475. The number of amides is 1. The van der Waals surface area contributed by atoms with Gasteiger partial charge >= 0.3 is 5.97 Å². The minimum Gasteiger partial charge on any atom is -0.454 e. The highest BCUT2D eigenvalue weighted by Gasteiger charge is 2.10. The number of nitrogens with one attached hydrogen (secondary N) is 1. The van der Waals surface area contributed by atoms with Crippen molar-refractivity contribution in [1.29, 1.82) is 0 Å². The Morgan fingerprint density at radius 2 is 1.74 bits per heavy atom. The Morgan fingerprint density at radius 3 is 2.26 bits per heavy atom. The van der Waals surface area contributed by atoms with Crippen molar-refractivity contribution in [3.63, 3.8) is 0 Å². The zero-order valence-corrected chi connectivity index (χ0v) is 14.0. The Morgan fingerprint density at radius 1 is 1.13 bits per heavy atom. The summed E-state index contributed by atoms with van der Waals surface area (Å²) in [4.78, 5) is 34.9. The number of Topliss-reactive ketones (excluding diaryl/α,β-unsaturated/α-hetero) is 1. The van der Waals surface area contributed by atoms with Crippen molar-refractivity contribution in [3.8, 4) is 0 Å². The smallest absolute Gasteiger partial charge is 0.331 e. The van der Waals surface area contributed by atoms with Crippen LogP contribution in [0.5, 0.6) is 0 Å². The van der Waals surface area contributed by atoms with Crippen molar-refractivity contribution in [2.45, 2.75) is 34.1 Å². The van der Waals surface area contributed by atoms with Crippen molar-refractivity contribution in [2.24, 2.45) is 5.92 Å². The molecule has 0 saturated carbocycles. The molecule has 1 rings (SSSR count). The topological polar surface area (TPSA) is 72.5 Å². The maximum absolute atomic E-state index is 11.9. The first kappa shape index (κ1) is 18.6. The number of allylic oxidation sites excluding steroid dienone is 1. The Bertz CT molecular complexity index is 596. The highest BCUT2D eigenvalue weighted by molar-refractivity contribution is 5.99. The minimum absolute atomic E-state index is 0.0604. The highest BCUT2D eigenvalue weighted by Crippen LogP contribution is 2.12. The number of ether oxygens (including phenoxy) is 1. The van der Waals surface area contributed by atoms with Gasteiger partial charge < -0.3 is 10.1 Å². The van der Waals surface area contributed by atoms with Gasteiger partial charge in [0.05, 0.1) is 0 Å². The maximum atomic E-state index is 11.9. The molecule has 124 valence electrons. The first-order valence-corrected chi connectivity index (χ1v) is 7.52. The second kappa shape index (κ2) is 8.88. The zero-order valence-electron chi connectivity index (χ0n) is 14.0. The van der Waals surface area contributed by atoms with Crippen LogP contribution in [0.25, 0.3) is 0 Å². The Hall–Kier alpha value is -2.43. The number of anilines is 1. The fourth-order valence-corrected chi connectivity index (χ4v) is 1.82. The molecule has 23 heavy (non-hydrogen) atoms. The molecule has 0 fully saturated rings. The van der Waals surface area contributed by atoms with Gasteiger partial charge in [-0.1, -0.05) is 19.4 Å². The SMILES string of the molecule is CC(C)=CC(=O)OCC(=O)c1ccc(NC(=O)CC(C)C)cc1. The average molecular weight is 317 g/mol. The second-order valence-corrected chi connectivity index (χ2v) is 5.98. The maximum Gasteiger partial charge on any atom is 0.331 e. The van der Waals surface area contributed by atoms with Crippen LogP contribution < -0.4 is 5.32 Å². The average Bonchev–Trinajstić information content (AvgIpc) is 2.44. The van der Waals surface area contributed by atoms with Crippen LogP contribution in [0.1, 0.15) is 44.5 Å². The fourth-order valence-electron chi connectivity index (χ4n) is 1.82. The third-order valence-corrected chi connectivity index (χ3v) is 2.84. The van der Waals surface area contributed by atoms with E-state index in [2.05, 4.69) is 5.32 Å². The molecule has 0 aliphatic heterocycles. The number of rotatable bonds is 7. The molecule has 0 bridgehead atoms. The van der Waals surface area contributed by atoms with E-state index in [4.69, 9.17) is 4.74 Å². The van der Waals surface area contributed by atoms with Gasteiger partial charge in [-0.3, -0.25) is 9.59 Å². The monoisotopic (exact) mass is 317 g/mol. The number of benzene rings is 1. The summed E-state index contributed by atoms with van der Waals surface area (Å²) >= 11 is 0. The van der Waals surface area contributed by atoms with E-state index >= 15 is 0 Å². The fraction of sp³-hybridized carbons (Fsp3) is 0.389. The predicted octanol–water partition coefficient (Wildman–Crippen LogP) is 3.36. The van der Waals surface area contributed by atoms with E-state index in [-0.39, 0.29) is 24.2 Å². The summed E-state index contributed by atoms with van der Waals surface area (Å²) in [5.74, 6) is -0.599. The van der Waals surface area contributed by atoms with Gasteiger partial charge in [0.1, 0.15) is 0 Å². The number of ketones is 1. The van der Waals surface area contributed by atoms with E-state index in [1.807, 2.05) is 13.8 Å². The van der Waals surface area contributed by atoms with Crippen molar-refractivity contribution < 1.29 is 19.1 Å². The molecule has 0 aromatic heterocycles. The first-order valence-electron chi connectivity index (χ1n) is 7.52. The van der Waals surface area contributed by atoms with Crippen molar-refractivity contribution in [2.75, 3.05) is 11.9 Å². The summed E-state index contributed by atoms with van der Waals surface area (Å²) < 4.78 is 4.87. The Balaban J connectivity index is 2.55. The summed E-state index contributed by atoms with van der Waals surface area (Å²) in [5.41, 5.74) is 1.87. The van der Waals surface area contributed by atoms with Crippen LogP contribution in [0.15, 0.2) is 35.9 Å². The lowest BCUT2D eigenvalue weighted by molar-refractivity contribution is -0.136. The van der Waals surface area contributed by atoms with E-state index in [0.717, 1.165) is 5.57 Å². The van der Waals surface area contributed by atoms with Gasteiger partial charge in [-0.15, -0.1) is 0 Å². The molecule has 0 saturated heterocycles. The summed E-state index contributed by atoms with van der Waals surface area (Å²) in [6, 6.07) is 6.51. The molecule has 0 atom stereocenters. The van der Waals surface area contributed by atoms with Gasteiger partial charge in [0.25, 0.3) is 0 Å². The third kappa shape index (κ3) is 7.40. The number of hydrogen-bond donors (Lipinski definition) is 1. The summed E-state index contributed by atoms with van der Waals surface area (Å²) in [6.07, 6.45) is 1.78. The van der Waals surface area contributed by atoms with Gasteiger partial charge in [0.15, 0.2) is 12.4 Å². The highest BCUT2D eigenvalue weighted by atomic mass is 16.5. The molecule has 0 unspecified atom stereocenters. The van der Waals surface area contributed by atoms with E-state index in [1.165, 1.54) is 6.08 Å². The number of esters is 1. The van der Waals surface area contributed by atoms with Gasteiger partial charge in [0, 0.05) is 23.7 Å². The lowest BCUT2D eigenvalue weighted by atomic mass is 10.1. The van der Waals surface area contributed by atoms with Crippen LogP contribution in [0.2, 0.25) is 0 Å². The van der Waals surface area contributed by atoms with Crippen LogP contribution in [0.4, 0.5) is 5.69 Å².